The van der Waals surface area contributed by atoms with E-state index in [1.54, 1.807) is 18.2 Å². The third kappa shape index (κ3) is 3.99. The molecular weight excluding hydrogens is 358 g/mol. The van der Waals surface area contributed by atoms with Gasteiger partial charge in [-0.2, -0.15) is 0 Å². The second kappa shape index (κ2) is 7.24. The Bertz CT molecular complexity index is 954. The van der Waals surface area contributed by atoms with Crippen LogP contribution >= 0.6 is 0 Å². The molecule has 142 valence electrons. The second-order valence-corrected chi connectivity index (χ2v) is 8.77. The molecule has 1 aliphatic rings. The molecule has 1 atom stereocenters. The van der Waals surface area contributed by atoms with Crippen LogP contribution in [-0.2, 0) is 21.4 Å². The molecule has 1 aliphatic heterocycles. The molecule has 1 N–H and O–H groups in total. The van der Waals surface area contributed by atoms with Crippen LogP contribution in [0.4, 0.5) is 0 Å². The number of rotatable bonds is 5. The molecule has 0 aliphatic carbocycles. The number of carbonyl (C=O) groups excluding carboxylic acids is 1. The van der Waals surface area contributed by atoms with Crippen LogP contribution in [0.1, 0.15) is 19.8 Å². The minimum Gasteiger partial charge on any atom is -0.408 e. The van der Waals surface area contributed by atoms with Crippen LogP contribution in [-0.4, -0.2) is 48.6 Å². The first kappa shape index (κ1) is 18.7. The maximum Gasteiger partial charge on any atom is 0.420 e. The summed E-state index contributed by atoms with van der Waals surface area (Å²) in [6.45, 7) is 2.86. The quantitative estimate of drug-likeness (QED) is 0.824. The summed E-state index contributed by atoms with van der Waals surface area (Å²) in [5, 5.41) is 2.93. The van der Waals surface area contributed by atoms with E-state index in [2.05, 4.69) is 5.32 Å². The first-order chi connectivity index (χ1) is 12.3. The average molecular weight is 381 g/mol. The maximum absolute atomic E-state index is 12.5. The Hall–Kier alpha value is -2.13. The van der Waals surface area contributed by atoms with Gasteiger partial charge in [0.1, 0.15) is 0 Å². The van der Waals surface area contributed by atoms with E-state index < -0.39 is 15.8 Å². The highest BCUT2D eigenvalue weighted by molar-refractivity contribution is 7.88. The van der Waals surface area contributed by atoms with Crippen LogP contribution in [0, 0.1) is 5.92 Å². The Morgan fingerprint density at radius 3 is 2.62 bits per heavy atom. The third-order valence-electron chi connectivity index (χ3n) is 4.71. The van der Waals surface area contributed by atoms with Crippen LogP contribution in [0.2, 0.25) is 0 Å². The van der Waals surface area contributed by atoms with Crippen molar-refractivity contribution in [2.45, 2.75) is 32.4 Å². The summed E-state index contributed by atoms with van der Waals surface area (Å²) in [5.41, 5.74) is 1.21. The molecule has 8 nitrogen and oxygen atoms in total. The number of piperidine rings is 1. The fraction of sp³-hybridized carbons (Fsp3) is 0.529. The molecule has 3 rings (SSSR count). The Labute approximate surface area is 151 Å². The highest BCUT2D eigenvalue weighted by Gasteiger charge is 2.29. The fourth-order valence-corrected chi connectivity index (χ4v) is 4.19. The molecule has 1 aromatic heterocycles. The molecule has 1 amide bonds. The van der Waals surface area contributed by atoms with Gasteiger partial charge >= 0.3 is 5.76 Å². The molecule has 0 bridgehead atoms. The van der Waals surface area contributed by atoms with Gasteiger partial charge in [0, 0.05) is 31.6 Å². The molecule has 1 fully saturated rings. The fourth-order valence-electron chi connectivity index (χ4n) is 3.32. The van der Waals surface area contributed by atoms with Gasteiger partial charge in [0.2, 0.25) is 15.9 Å². The number of sulfonamides is 1. The van der Waals surface area contributed by atoms with Crippen LogP contribution in [0.25, 0.3) is 11.1 Å². The predicted octanol–water partition coefficient (Wildman–Crippen LogP) is 0.771. The lowest BCUT2D eigenvalue weighted by Gasteiger charge is -2.30. The van der Waals surface area contributed by atoms with E-state index in [-0.39, 0.29) is 17.9 Å². The van der Waals surface area contributed by atoms with Crippen molar-refractivity contribution in [2.75, 3.05) is 19.3 Å². The van der Waals surface area contributed by atoms with Crippen molar-refractivity contribution in [3.05, 3.63) is 34.8 Å². The van der Waals surface area contributed by atoms with E-state index in [9.17, 15) is 18.0 Å². The Morgan fingerprint density at radius 1 is 1.31 bits per heavy atom. The van der Waals surface area contributed by atoms with Crippen molar-refractivity contribution in [3.8, 4) is 0 Å². The molecular formula is C17H23N3O5S. The topological polar surface area (TPSA) is 102 Å². The molecule has 26 heavy (non-hydrogen) atoms. The zero-order valence-electron chi connectivity index (χ0n) is 14.8. The number of nitrogens with zero attached hydrogens (tertiary/aromatic N) is 2. The molecule has 0 spiro atoms. The lowest BCUT2D eigenvalue weighted by atomic mass is 9.97. The highest BCUT2D eigenvalue weighted by atomic mass is 32.2. The first-order valence-corrected chi connectivity index (χ1v) is 10.4. The summed E-state index contributed by atoms with van der Waals surface area (Å²) < 4.78 is 31.2. The summed E-state index contributed by atoms with van der Waals surface area (Å²) in [5.74, 6) is -0.770. The van der Waals surface area contributed by atoms with Gasteiger partial charge in [0.25, 0.3) is 0 Å². The summed E-state index contributed by atoms with van der Waals surface area (Å²) >= 11 is 0. The number of hydrogen-bond donors (Lipinski definition) is 1. The molecule has 0 radical (unpaired) electrons. The minimum atomic E-state index is -3.20. The zero-order chi connectivity index (χ0) is 18.9. The van der Waals surface area contributed by atoms with E-state index in [0.717, 1.165) is 0 Å². The van der Waals surface area contributed by atoms with Crippen molar-refractivity contribution in [1.29, 1.82) is 0 Å². The van der Waals surface area contributed by atoms with Crippen molar-refractivity contribution in [2.24, 2.45) is 5.92 Å². The Kier molecular flexibility index (Phi) is 5.19. The standard InChI is InChI=1S/C17H23N3O5S/c1-12(11-20-14-5-3-4-6-15(14)25-17(20)22)18-16(21)13-7-9-19(10-8-13)26(2,23)24/h3-6,12-13H,7-11H2,1-2H3,(H,18,21)/t12-/m1/s1. The number of amides is 1. The number of fused-ring (bicyclic) bond motifs is 1. The van der Waals surface area contributed by atoms with Crippen molar-refractivity contribution >= 4 is 27.0 Å². The van der Waals surface area contributed by atoms with Gasteiger partial charge in [-0.1, -0.05) is 12.1 Å². The van der Waals surface area contributed by atoms with Gasteiger partial charge in [-0.25, -0.2) is 17.5 Å². The molecule has 0 unspecified atom stereocenters. The minimum absolute atomic E-state index is 0.105. The maximum atomic E-state index is 12.5. The summed E-state index contributed by atoms with van der Waals surface area (Å²) in [6.07, 6.45) is 2.18. The molecule has 1 saturated heterocycles. The SMILES string of the molecule is C[C@H](Cn1c(=O)oc2ccccc21)NC(=O)C1CCN(S(C)(=O)=O)CC1. The van der Waals surface area contributed by atoms with Gasteiger partial charge in [-0.3, -0.25) is 9.36 Å². The average Bonchev–Trinajstić information content (AvgIpc) is 2.90. The third-order valence-corrected chi connectivity index (χ3v) is 6.02. The highest BCUT2D eigenvalue weighted by Crippen LogP contribution is 2.19. The Balaban J connectivity index is 1.60. The summed E-state index contributed by atoms with van der Waals surface area (Å²) in [4.78, 5) is 24.5. The van der Waals surface area contributed by atoms with E-state index in [4.69, 9.17) is 4.42 Å². The Morgan fingerprint density at radius 2 is 1.96 bits per heavy atom. The molecule has 9 heteroatoms. The van der Waals surface area contributed by atoms with Gasteiger partial charge < -0.3 is 9.73 Å². The first-order valence-electron chi connectivity index (χ1n) is 8.59. The number of para-hydroxylation sites is 2. The number of nitrogens with one attached hydrogen (secondary N) is 1. The largest absolute Gasteiger partial charge is 0.420 e. The van der Waals surface area contributed by atoms with Gasteiger partial charge in [-0.15, -0.1) is 0 Å². The number of aromatic nitrogens is 1. The number of oxazole rings is 1. The number of hydrogen-bond acceptors (Lipinski definition) is 5. The van der Waals surface area contributed by atoms with Crippen LogP contribution < -0.4 is 11.1 Å². The summed E-state index contributed by atoms with van der Waals surface area (Å²) in [7, 11) is -3.20. The number of carbonyl (C=O) groups is 1. The van der Waals surface area contributed by atoms with Crippen molar-refractivity contribution < 1.29 is 17.6 Å². The normalized spacial score (nSPS) is 18.1. The van der Waals surface area contributed by atoms with Gasteiger partial charge in [0.05, 0.1) is 11.8 Å². The molecule has 2 aromatic rings. The lowest BCUT2D eigenvalue weighted by Crippen LogP contribution is -2.45. The van der Waals surface area contributed by atoms with Gasteiger partial charge in [0.15, 0.2) is 5.58 Å². The molecule has 1 aromatic carbocycles. The van der Waals surface area contributed by atoms with E-state index in [0.29, 0.717) is 43.6 Å². The number of benzene rings is 1. The summed E-state index contributed by atoms with van der Waals surface area (Å²) in [6, 6.07) is 6.90. The lowest BCUT2D eigenvalue weighted by molar-refractivity contribution is -0.126. The second-order valence-electron chi connectivity index (χ2n) is 6.79. The van der Waals surface area contributed by atoms with E-state index in [1.165, 1.54) is 15.1 Å². The van der Waals surface area contributed by atoms with Crippen LogP contribution in [0.15, 0.2) is 33.5 Å². The zero-order valence-corrected chi connectivity index (χ0v) is 15.7. The van der Waals surface area contributed by atoms with Crippen molar-refractivity contribution in [3.63, 3.8) is 0 Å². The van der Waals surface area contributed by atoms with E-state index >= 15 is 0 Å². The smallest absolute Gasteiger partial charge is 0.408 e. The van der Waals surface area contributed by atoms with Gasteiger partial charge in [-0.05, 0) is 31.9 Å². The monoisotopic (exact) mass is 381 g/mol. The molecule has 2 heterocycles. The van der Waals surface area contributed by atoms with Crippen LogP contribution in [0.5, 0.6) is 0 Å². The predicted molar refractivity (Wildman–Crippen MR) is 97.2 cm³/mol. The van der Waals surface area contributed by atoms with Crippen LogP contribution in [0.3, 0.4) is 0 Å². The van der Waals surface area contributed by atoms with E-state index in [1.807, 2.05) is 13.0 Å². The molecule has 0 saturated carbocycles. The van der Waals surface area contributed by atoms with Crippen molar-refractivity contribution in [1.82, 2.24) is 14.2 Å².